The number of hydrogen-bond donors (Lipinski definition) is 0. The Kier molecular flexibility index (Phi) is 2.53. The zero-order valence-electron chi connectivity index (χ0n) is 7.27. The van der Waals surface area contributed by atoms with Gasteiger partial charge in [0.05, 0.1) is 21.6 Å². The van der Waals surface area contributed by atoms with Gasteiger partial charge in [-0.05, 0) is 37.9 Å². The Bertz CT molecular complexity index is 415. The summed E-state index contributed by atoms with van der Waals surface area (Å²) in [5.74, 6) is 1.17. The number of fused-ring (bicyclic) bond motifs is 1. The molecule has 0 atom stereocenters. The molecule has 0 radical (unpaired) electrons. The third-order valence-corrected chi connectivity index (χ3v) is 3.36. The van der Waals surface area contributed by atoms with Crippen LogP contribution in [0.25, 0.3) is 0 Å². The average molecular weight is 322 g/mol. The number of Topliss-reactive ketones (excluding diaryl/α,β-unsaturated/α-hetero) is 1. The Morgan fingerprint density at radius 2 is 2.21 bits per heavy atom. The minimum Gasteiger partial charge on any atom is -0.496 e. The topological polar surface area (TPSA) is 35.5 Å². The van der Waals surface area contributed by atoms with Crippen LogP contribution in [0.5, 0.6) is 11.5 Å². The fourth-order valence-electron chi connectivity index (χ4n) is 1.33. The molecule has 1 aliphatic heterocycles. The molecular formula is C9H6Br2O3. The van der Waals surface area contributed by atoms with Gasteiger partial charge in [0, 0.05) is 0 Å². The number of halogens is 2. The molecule has 0 saturated carbocycles. The summed E-state index contributed by atoms with van der Waals surface area (Å²) >= 11 is 6.64. The SMILES string of the molecule is COc1cc(Br)c2c(c1Br)C(=O)CO2. The molecule has 74 valence electrons. The molecule has 0 spiro atoms. The first-order chi connectivity index (χ1) is 6.65. The van der Waals surface area contributed by atoms with Crippen molar-refractivity contribution in [3.05, 3.63) is 20.6 Å². The summed E-state index contributed by atoms with van der Waals surface area (Å²) in [6.07, 6.45) is 0. The molecule has 1 aromatic rings. The molecule has 1 aliphatic rings. The Morgan fingerprint density at radius 1 is 1.50 bits per heavy atom. The number of hydrogen-bond acceptors (Lipinski definition) is 3. The van der Waals surface area contributed by atoms with E-state index in [1.54, 1.807) is 13.2 Å². The second-order valence-electron chi connectivity index (χ2n) is 2.79. The first kappa shape index (κ1) is 9.98. The maximum Gasteiger partial charge on any atom is 0.205 e. The van der Waals surface area contributed by atoms with E-state index >= 15 is 0 Å². The van der Waals surface area contributed by atoms with Crippen molar-refractivity contribution in [3.8, 4) is 11.5 Å². The highest BCUT2D eigenvalue weighted by molar-refractivity contribution is 9.11. The van der Waals surface area contributed by atoms with Crippen molar-refractivity contribution in [2.75, 3.05) is 13.7 Å². The van der Waals surface area contributed by atoms with Crippen molar-refractivity contribution in [3.63, 3.8) is 0 Å². The molecule has 0 saturated heterocycles. The van der Waals surface area contributed by atoms with Crippen LogP contribution in [0.15, 0.2) is 15.0 Å². The number of methoxy groups -OCH3 is 1. The molecule has 0 aliphatic carbocycles. The van der Waals surface area contributed by atoms with E-state index in [0.717, 1.165) is 4.47 Å². The zero-order valence-corrected chi connectivity index (χ0v) is 10.4. The molecule has 3 nitrogen and oxygen atoms in total. The summed E-state index contributed by atoms with van der Waals surface area (Å²) in [4.78, 5) is 11.5. The van der Waals surface area contributed by atoms with Crippen LogP contribution in [0.4, 0.5) is 0 Å². The monoisotopic (exact) mass is 320 g/mol. The van der Waals surface area contributed by atoms with E-state index in [4.69, 9.17) is 9.47 Å². The molecular weight excluding hydrogens is 316 g/mol. The van der Waals surface area contributed by atoms with E-state index in [9.17, 15) is 4.79 Å². The Hall–Kier alpha value is -0.550. The Morgan fingerprint density at radius 3 is 2.86 bits per heavy atom. The van der Waals surface area contributed by atoms with Gasteiger partial charge in [-0.3, -0.25) is 4.79 Å². The minimum absolute atomic E-state index is 0.0357. The van der Waals surface area contributed by atoms with Crippen molar-refractivity contribution in [1.29, 1.82) is 0 Å². The van der Waals surface area contributed by atoms with E-state index in [2.05, 4.69) is 31.9 Å². The maximum absolute atomic E-state index is 11.5. The number of ketones is 1. The fourth-order valence-corrected chi connectivity index (χ4v) is 2.53. The maximum atomic E-state index is 11.5. The van der Waals surface area contributed by atoms with Crippen LogP contribution >= 0.6 is 31.9 Å². The molecule has 0 bridgehead atoms. The summed E-state index contributed by atoms with van der Waals surface area (Å²) in [7, 11) is 1.55. The van der Waals surface area contributed by atoms with Gasteiger partial charge < -0.3 is 9.47 Å². The first-order valence-corrected chi connectivity index (χ1v) is 5.45. The number of benzene rings is 1. The third kappa shape index (κ3) is 1.35. The second-order valence-corrected chi connectivity index (χ2v) is 4.44. The Labute approximate surface area is 97.6 Å². The standard InChI is InChI=1S/C9H6Br2O3/c1-13-6-2-4(10)9-7(8(6)11)5(12)3-14-9/h2H,3H2,1H3. The van der Waals surface area contributed by atoms with Gasteiger partial charge in [-0.2, -0.15) is 0 Å². The van der Waals surface area contributed by atoms with E-state index in [1.165, 1.54) is 0 Å². The first-order valence-electron chi connectivity index (χ1n) is 3.87. The van der Waals surface area contributed by atoms with Crippen LogP contribution in [0.3, 0.4) is 0 Å². The summed E-state index contributed by atoms with van der Waals surface area (Å²) in [5, 5.41) is 0. The van der Waals surface area contributed by atoms with Crippen molar-refractivity contribution >= 4 is 37.6 Å². The summed E-state index contributed by atoms with van der Waals surface area (Å²) in [5.41, 5.74) is 0.552. The lowest BCUT2D eigenvalue weighted by Crippen LogP contribution is -2.00. The van der Waals surface area contributed by atoms with Crippen LogP contribution in [0.1, 0.15) is 10.4 Å². The lowest BCUT2D eigenvalue weighted by molar-refractivity contribution is 0.0960. The molecule has 1 aromatic carbocycles. The predicted molar refractivity (Wildman–Crippen MR) is 58.2 cm³/mol. The summed E-state index contributed by atoms with van der Waals surface area (Å²) in [6.45, 7) is 0.0969. The quantitative estimate of drug-likeness (QED) is 0.798. The summed E-state index contributed by atoms with van der Waals surface area (Å²) in [6, 6.07) is 1.77. The fraction of sp³-hybridized carbons (Fsp3) is 0.222. The van der Waals surface area contributed by atoms with Gasteiger partial charge in [0.25, 0.3) is 0 Å². The van der Waals surface area contributed by atoms with Crippen molar-refractivity contribution < 1.29 is 14.3 Å². The van der Waals surface area contributed by atoms with E-state index in [-0.39, 0.29) is 12.4 Å². The van der Waals surface area contributed by atoms with Gasteiger partial charge in [0.1, 0.15) is 11.5 Å². The molecule has 0 unspecified atom stereocenters. The van der Waals surface area contributed by atoms with Crippen LogP contribution in [-0.4, -0.2) is 19.5 Å². The Balaban J connectivity index is 2.71. The molecule has 0 N–H and O–H groups in total. The van der Waals surface area contributed by atoms with Gasteiger partial charge in [-0.1, -0.05) is 0 Å². The number of carbonyl (C=O) groups excluding carboxylic acids is 1. The van der Waals surface area contributed by atoms with Crippen LogP contribution in [0, 0.1) is 0 Å². The highest BCUT2D eigenvalue weighted by atomic mass is 79.9. The smallest absolute Gasteiger partial charge is 0.205 e. The van der Waals surface area contributed by atoms with Gasteiger partial charge in [-0.25, -0.2) is 0 Å². The van der Waals surface area contributed by atoms with Crippen LogP contribution < -0.4 is 9.47 Å². The average Bonchev–Trinajstić information content (AvgIpc) is 2.54. The highest BCUT2D eigenvalue weighted by Gasteiger charge is 2.28. The number of carbonyl (C=O) groups is 1. The van der Waals surface area contributed by atoms with Gasteiger partial charge >= 0.3 is 0 Å². The molecule has 0 aromatic heterocycles. The third-order valence-electron chi connectivity index (χ3n) is 1.98. The van der Waals surface area contributed by atoms with E-state index < -0.39 is 0 Å². The normalized spacial score (nSPS) is 13.8. The summed E-state index contributed by atoms with van der Waals surface area (Å²) < 4.78 is 11.7. The number of ether oxygens (including phenoxy) is 2. The van der Waals surface area contributed by atoms with Gasteiger partial charge in [-0.15, -0.1) is 0 Å². The largest absolute Gasteiger partial charge is 0.496 e. The molecule has 2 rings (SSSR count). The van der Waals surface area contributed by atoms with Crippen LogP contribution in [-0.2, 0) is 0 Å². The zero-order chi connectivity index (χ0) is 10.3. The van der Waals surface area contributed by atoms with Crippen molar-refractivity contribution in [2.24, 2.45) is 0 Å². The molecule has 0 amide bonds. The minimum atomic E-state index is -0.0357. The molecule has 1 heterocycles. The van der Waals surface area contributed by atoms with Crippen molar-refractivity contribution in [2.45, 2.75) is 0 Å². The molecule has 0 fully saturated rings. The van der Waals surface area contributed by atoms with Crippen LogP contribution in [0.2, 0.25) is 0 Å². The lowest BCUT2D eigenvalue weighted by atomic mass is 10.1. The van der Waals surface area contributed by atoms with E-state index in [0.29, 0.717) is 21.5 Å². The van der Waals surface area contributed by atoms with Gasteiger partial charge in [0.15, 0.2) is 6.61 Å². The van der Waals surface area contributed by atoms with Crippen molar-refractivity contribution in [1.82, 2.24) is 0 Å². The predicted octanol–water partition coefficient (Wildman–Crippen LogP) is 2.80. The lowest BCUT2D eigenvalue weighted by Gasteiger charge is -2.07. The molecule has 14 heavy (non-hydrogen) atoms. The molecule has 5 heteroatoms. The highest BCUT2D eigenvalue weighted by Crippen LogP contribution is 2.43. The van der Waals surface area contributed by atoms with E-state index in [1.807, 2.05) is 0 Å². The number of rotatable bonds is 1. The van der Waals surface area contributed by atoms with Gasteiger partial charge in [0.2, 0.25) is 5.78 Å². The second kappa shape index (κ2) is 3.55.